The first kappa shape index (κ1) is 11.8. The third-order valence-electron chi connectivity index (χ3n) is 3.52. The molecule has 1 aromatic rings. The molecule has 0 aliphatic carbocycles. The maximum absolute atomic E-state index is 11.8. The van der Waals surface area contributed by atoms with Crippen molar-refractivity contribution in [3.05, 3.63) is 23.3 Å². The average molecular weight is 263 g/mol. The van der Waals surface area contributed by atoms with Crippen molar-refractivity contribution in [2.24, 2.45) is 0 Å². The third-order valence-corrected chi connectivity index (χ3v) is 3.52. The fraction of sp³-hybridized carbons (Fsp3) is 0.385. The summed E-state index contributed by atoms with van der Waals surface area (Å²) in [5, 5.41) is 0. The van der Waals surface area contributed by atoms with Gasteiger partial charge in [-0.25, -0.2) is 9.59 Å². The molecule has 0 bridgehead atoms. The predicted molar refractivity (Wildman–Crippen MR) is 64.2 cm³/mol. The number of carbonyl (C=O) groups is 2. The smallest absolute Gasteiger partial charge is 0.418 e. The second-order valence-corrected chi connectivity index (χ2v) is 4.44. The lowest BCUT2D eigenvalue weighted by atomic mass is 9.93. The Bertz CT molecular complexity index is 568. The number of carbonyl (C=O) groups excluding carboxylic acids is 2. The topological polar surface area (TPSA) is 65.1 Å². The molecule has 2 heterocycles. The van der Waals surface area contributed by atoms with Crippen LogP contribution in [-0.2, 0) is 16.0 Å². The van der Waals surface area contributed by atoms with E-state index in [4.69, 9.17) is 9.47 Å². The summed E-state index contributed by atoms with van der Waals surface area (Å²) in [5.74, 6) is 0.626. The van der Waals surface area contributed by atoms with Crippen LogP contribution in [0.25, 0.3) is 0 Å². The maximum atomic E-state index is 11.8. The monoisotopic (exact) mass is 263 g/mol. The van der Waals surface area contributed by atoms with Gasteiger partial charge in [0.2, 0.25) is 0 Å². The summed E-state index contributed by atoms with van der Waals surface area (Å²) < 4.78 is 15.1. The van der Waals surface area contributed by atoms with Crippen molar-refractivity contribution in [3.63, 3.8) is 0 Å². The molecular weight excluding hydrogens is 250 g/mol. The van der Waals surface area contributed by atoms with Crippen LogP contribution in [0.1, 0.15) is 17.2 Å². The molecule has 100 valence electrons. The van der Waals surface area contributed by atoms with Crippen LogP contribution in [0, 0.1) is 0 Å². The van der Waals surface area contributed by atoms with Gasteiger partial charge in [-0.1, -0.05) is 0 Å². The first-order valence-electron chi connectivity index (χ1n) is 5.92. The van der Waals surface area contributed by atoms with Crippen molar-refractivity contribution in [2.45, 2.75) is 12.5 Å². The van der Waals surface area contributed by atoms with Crippen LogP contribution >= 0.6 is 0 Å². The van der Waals surface area contributed by atoms with Gasteiger partial charge in [0.25, 0.3) is 0 Å². The minimum Gasteiger partial charge on any atom is -0.493 e. The van der Waals surface area contributed by atoms with Crippen LogP contribution < -0.4 is 9.47 Å². The van der Waals surface area contributed by atoms with Gasteiger partial charge in [0.1, 0.15) is 0 Å². The number of rotatable bonds is 2. The van der Waals surface area contributed by atoms with Crippen molar-refractivity contribution >= 4 is 12.1 Å². The van der Waals surface area contributed by atoms with Gasteiger partial charge >= 0.3 is 12.1 Å². The molecule has 1 amide bonds. The summed E-state index contributed by atoms with van der Waals surface area (Å²) in [4.78, 5) is 24.8. The zero-order chi connectivity index (χ0) is 13.6. The molecule has 2 aliphatic heterocycles. The van der Waals surface area contributed by atoms with E-state index in [2.05, 4.69) is 4.74 Å². The van der Waals surface area contributed by atoms with Gasteiger partial charge in [-0.2, -0.15) is 0 Å². The Labute approximate surface area is 109 Å². The minimum absolute atomic E-state index is 0.470. The van der Waals surface area contributed by atoms with E-state index >= 15 is 0 Å². The van der Waals surface area contributed by atoms with Crippen molar-refractivity contribution in [3.8, 4) is 11.5 Å². The highest BCUT2D eigenvalue weighted by molar-refractivity contribution is 5.97. The van der Waals surface area contributed by atoms with E-state index in [-0.39, 0.29) is 0 Å². The zero-order valence-corrected chi connectivity index (χ0v) is 10.6. The number of esters is 1. The number of amides is 1. The Hall–Kier alpha value is -2.24. The fourth-order valence-corrected chi connectivity index (χ4v) is 2.60. The molecule has 0 spiro atoms. The van der Waals surface area contributed by atoms with Gasteiger partial charge in [-0.3, -0.25) is 4.90 Å². The molecule has 1 saturated heterocycles. The van der Waals surface area contributed by atoms with E-state index in [0.29, 0.717) is 24.5 Å². The van der Waals surface area contributed by atoms with Crippen molar-refractivity contribution in [1.29, 1.82) is 0 Å². The fourth-order valence-electron chi connectivity index (χ4n) is 2.60. The number of fused-ring (bicyclic) bond motifs is 3. The lowest BCUT2D eigenvalue weighted by molar-refractivity contribution is -0.136. The average Bonchev–Trinajstić information content (AvgIpc) is 2.72. The molecule has 6 nitrogen and oxygen atoms in total. The van der Waals surface area contributed by atoms with E-state index in [9.17, 15) is 9.59 Å². The predicted octanol–water partition coefficient (Wildman–Crippen LogP) is 1.28. The first-order chi connectivity index (χ1) is 9.15. The lowest BCUT2D eigenvalue weighted by Gasteiger charge is -2.28. The van der Waals surface area contributed by atoms with E-state index in [0.717, 1.165) is 11.1 Å². The number of hydrogen-bond donors (Lipinski definition) is 0. The number of benzene rings is 1. The van der Waals surface area contributed by atoms with Crippen LogP contribution in [0.4, 0.5) is 4.79 Å². The summed E-state index contributed by atoms with van der Waals surface area (Å²) >= 11 is 0. The molecule has 3 rings (SSSR count). The molecule has 1 atom stereocenters. The lowest BCUT2D eigenvalue weighted by Crippen LogP contribution is -2.35. The second-order valence-electron chi connectivity index (χ2n) is 4.44. The van der Waals surface area contributed by atoms with E-state index in [1.165, 1.54) is 12.0 Å². The Kier molecular flexibility index (Phi) is 2.58. The number of cyclic esters (lactones) is 2. The van der Waals surface area contributed by atoms with Crippen molar-refractivity contribution < 1.29 is 23.8 Å². The van der Waals surface area contributed by atoms with Crippen LogP contribution in [0.2, 0.25) is 0 Å². The maximum Gasteiger partial charge on any atom is 0.418 e. The molecule has 6 heteroatoms. The van der Waals surface area contributed by atoms with Gasteiger partial charge < -0.3 is 14.2 Å². The quantitative estimate of drug-likeness (QED) is 0.594. The van der Waals surface area contributed by atoms with Crippen LogP contribution in [0.15, 0.2) is 12.1 Å². The highest BCUT2D eigenvalue weighted by atomic mass is 16.6. The summed E-state index contributed by atoms with van der Waals surface area (Å²) in [6, 6.07) is 2.93. The third kappa shape index (κ3) is 1.63. The Morgan fingerprint density at radius 3 is 2.58 bits per heavy atom. The number of hydrogen-bond acceptors (Lipinski definition) is 5. The van der Waals surface area contributed by atoms with Gasteiger partial charge in [-0.05, 0) is 29.7 Å². The number of nitrogens with zero attached hydrogens (tertiary/aromatic N) is 1. The minimum atomic E-state index is -0.656. The molecule has 1 aromatic carbocycles. The molecule has 0 radical (unpaired) electrons. The van der Waals surface area contributed by atoms with Gasteiger partial charge in [0.05, 0.1) is 14.2 Å². The SMILES string of the molecule is COc1cc2c(cc1OC)C1C(=O)OC(=O)N1CC2. The summed E-state index contributed by atoms with van der Waals surface area (Å²) in [6.45, 7) is 0.470. The van der Waals surface area contributed by atoms with Crippen molar-refractivity contribution in [2.75, 3.05) is 20.8 Å². The number of methoxy groups -OCH3 is 2. The van der Waals surface area contributed by atoms with Crippen LogP contribution in [0.5, 0.6) is 11.5 Å². The van der Waals surface area contributed by atoms with Crippen molar-refractivity contribution in [1.82, 2.24) is 4.90 Å². The molecule has 0 saturated carbocycles. The van der Waals surface area contributed by atoms with E-state index in [1.807, 2.05) is 6.07 Å². The summed E-state index contributed by atoms with van der Waals surface area (Å²) in [5.41, 5.74) is 1.73. The first-order valence-corrected chi connectivity index (χ1v) is 5.92. The molecule has 1 fully saturated rings. The summed E-state index contributed by atoms with van der Waals surface area (Å²) in [6.07, 6.45) is 0.0876. The Balaban J connectivity index is 2.12. The van der Waals surface area contributed by atoms with E-state index < -0.39 is 18.1 Å². The molecule has 0 aromatic heterocycles. The van der Waals surface area contributed by atoms with Gasteiger partial charge in [0, 0.05) is 6.54 Å². The largest absolute Gasteiger partial charge is 0.493 e. The second kappa shape index (κ2) is 4.15. The molecule has 0 N–H and O–H groups in total. The van der Waals surface area contributed by atoms with Crippen LogP contribution in [0.3, 0.4) is 0 Å². The normalized spacial score (nSPS) is 20.7. The Morgan fingerprint density at radius 1 is 1.21 bits per heavy atom. The standard InChI is InChI=1S/C13H13NO5/c1-17-9-5-7-3-4-14-11(12(15)19-13(14)16)8(7)6-10(9)18-2/h5-6,11H,3-4H2,1-2H3. The van der Waals surface area contributed by atoms with Gasteiger partial charge in [0.15, 0.2) is 17.5 Å². The van der Waals surface area contributed by atoms with E-state index in [1.54, 1.807) is 13.2 Å². The molecular formula is C13H13NO5. The highest BCUT2D eigenvalue weighted by Gasteiger charge is 2.45. The molecule has 2 aliphatic rings. The molecule has 1 unspecified atom stereocenters. The molecule has 19 heavy (non-hydrogen) atoms. The van der Waals surface area contributed by atoms with Crippen LogP contribution in [-0.4, -0.2) is 37.7 Å². The summed E-state index contributed by atoms with van der Waals surface area (Å²) in [7, 11) is 3.09. The van der Waals surface area contributed by atoms with Gasteiger partial charge in [-0.15, -0.1) is 0 Å². The number of ether oxygens (including phenoxy) is 3. The highest BCUT2D eigenvalue weighted by Crippen LogP contribution is 2.40. The Morgan fingerprint density at radius 2 is 1.89 bits per heavy atom. The zero-order valence-electron chi connectivity index (χ0n) is 10.6.